The Morgan fingerprint density at radius 2 is 1.37 bits per heavy atom. The minimum absolute atomic E-state index is 0.256. The van der Waals surface area contributed by atoms with Crippen LogP contribution < -0.4 is 14.4 Å². The second kappa shape index (κ2) is 12.6. The van der Waals surface area contributed by atoms with Crippen LogP contribution in [0.25, 0.3) is 28.0 Å². The van der Waals surface area contributed by atoms with Crippen LogP contribution in [0.2, 0.25) is 0 Å². The van der Waals surface area contributed by atoms with Gasteiger partial charge >= 0.3 is 0 Å². The van der Waals surface area contributed by atoms with Gasteiger partial charge in [-0.25, -0.2) is 8.78 Å². The van der Waals surface area contributed by atoms with Crippen molar-refractivity contribution in [1.82, 2.24) is 0 Å². The Bertz CT molecular complexity index is 2330. The van der Waals surface area contributed by atoms with Gasteiger partial charge < -0.3 is 19.1 Å². The molecule has 260 valence electrons. The molecule has 52 heavy (non-hydrogen) atoms. The predicted molar refractivity (Wildman–Crippen MR) is 204 cm³/mol. The zero-order valence-corrected chi connectivity index (χ0v) is 29.3. The molecule has 1 unspecified atom stereocenters. The number of nitrogens with zero attached hydrogens (tertiary/aromatic N) is 1. The molecular weight excluding hydrogens is 653 g/mol. The van der Waals surface area contributed by atoms with E-state index in [1.54, 1.807) is 12.1 Å². The third-order valence-electron chi connectivity index (χ3n) is 11.4. The summed E-state index contributed by atoms with van der Waals surface area (Å²) < 4.78 is 49.5. The van der Waals surface area contributed by atoms with E-state index in [1.165, 1.54) is 12.1 Å². The zero-order chi connectivity index (χ0) is 35.5. The lowest BCUT2D eigenvalue weighted by Gasteiger charge is -2.39. The maximum atomic E-state index is 15.3. The van der Waals surface area contributed by atoms with Crippen LogP contribution in [0.3, 0.4) is 0 Å². The number of benzene rings is 6. The van der Waals surface area contributed by atoms with Gasteiger partial charge in [-0.1, -0.05) is 74.5 Å². The molecule has 3 aliphatic rings. The summed E-state index contributed by atoms with van der Waals surface area (Å²) in [6, 6.07) is 36.3. The Labute approximate surface area is 302 Å². The smallest absolute Gasteiger partial charge is 0.178 e. The standard InChI is InChI=1S/C46H39F2NO3/c1-3-45(4-2)41-29-33(48)15-21-38(41)42-37-20-14-32(47)28-40(37)44-39(43(42)45)22-23-46(52-44,30-10-16-34(17-11-30)49-24-26-50-27-25-49)31-12-18-36(19-13-31)51-35-8-6-5-7-9-35/h5-23,28-29H,3-4,24-27H2,1-2H3. The van der Waals surface area contributed by atoms with E-state index in [1.807, 2.05) is 66.7 Å². The molecule has 0 aromatic heterocycles. The van der Waals surface area contributed by atoms with Crippen LogP contribution in [0.4, 0.5) is 14.5 Å². The lowest BCUT2D eigenvalue weighted by molar-refractivity contribution is 0.122. The first-order valence-corrected chi connectivity index (χ1v) is 18.2. The first kappa shape index (κ1) is 32.4. The van der Waals surface area contributed by atoms with Crippen molar-refractivity contribution in [2.24, 2.45) is 0 Å². The van der Waals surface area contributed by atoms with Gasteiger partial charge in [0.1, 0.15) is 28.9 Å². The predicted octanol–water partition coefficient (Wildman–Crippen LogP) is 11.2. The van der Waals surface area contributed by atoms with Gasteiger partial charge in [0.05, 0.1) is 13.2 Å². The molecule has 1 aliphatic carbocycles. The maximum Gasteiger partial charge on any atom is 0.178 e. The quantitative estimate of drug-likeness (QED) is 0.167. The van der Waals surface area contributed by atoms with E-state index in [-0.39, 0.29) is 11.6 Å². The first-order chi connectivity index (χ1) is 25.4. The number of rotatable bonds is 7. The Hall–Kier alpha value is -5.46. The van der Waals surface area contributed by atoms with Gasteiger partial charge in [0.25, 0.3) is 0 Å². The van der Waals surface area contributed by atoms with Crippen molar-refractivity contribution in [1.29, 1.82) is 0 Å². The van der Waals surface area contributed by atoms with Gasteiger partial charge in [0.2, 0.25) is 0 Å². The van der Waals surface area contributed by atoms with Gasteiger partial charge in [0, 0.05) is 46.3 Å². The molecule has 6 heteroatoms. The minimum Gasteiger partial charge on any atom is -0.472 e. The lowest BCUT2D eigenvalue weighted by atomic mass is 9.71. The average Bonchev–Trinajstić information content (AvgIpc) is 3.48. The fourth-order valence-corrected chi connectivity index (χ4v) is 8.75. The molecule has 1 saturated heterocycles. The van der Waals surface area contributed by atoms with E-state index in [2.05, 4.69) is 55.2 Å². The van der Waals surface area contributed by atoms with E-state index in [0.717, 1.165) is 81.7 Å². The largest absolute Gasteiger partial charge is 0.472 e. The van der Waals surface area contributed by atoms with Crippen molar-refractivity contribution in [3.63, 3.8) is 0 Å². The van der Waals surface area contributed by atoms with Gasteiger partial charge in [0.15, 0.2) is 5.60 Å². The van der Waals surface area contributed by atoms with E-state index < -0.39 is 11.0 Å². The SMILES string of the molecule is CCC1(CC)c2cc(F)ccc2-c2c1c1c(c3cc(F)ccc23)OC(c2ccc(Oc3ccccc3)cc2)(c2ccc(N3CCOCC3)cc2)C=C1. The Kier molecular flexibility index (Phi) is 7.89. The van der Waals surface area contributed by atoms with Crippen LogP contribution in [-0.4, -0.2) is 26.3 Å². The topological polar surface area (TPSA) is 30.9 Å². The van der Waals surface area contributed by atoms with Crippen LogP contribution >= 0.6 is 0 Å². The van der Waals surface area contributed by atoms with Crippen molar-refractivity contribution >= 4 is 22.5 Å². The molecular formula is C46H39F2NO3. The van der Waals surface area contributed by atoms with Crippen LogP contribution in [0.5, 0.6) is 17.2 Å². The number of morpholine rings is 1. The Morgan fingerprint density at radius 3 is 2.08 bits per heavy atom. The highest BCUT2D eigenvalue weighted by atomic mass is 19.1. The van der Waals surface area contributed by atoms with E-state index >= 15 is 4.39 Å². The van der Waals surface area contributed by atoms with Gasteiger partial charge in [-0.15, -0.1) is 0 Å². The highest BCUT2D eigenvalue weighted by Gasteiger charge is 2.47. The van der Waals surface area contributed by atoms with Gasteiger partial charge in [-0.2, -0.15) is 0 Å². The normalized spacial score (nSPS) is 18.4. The molecule has 0 amide bonds. The minimum atomic E-state index is -1.05. The Morgan fingerprint density at radius 1 is 0.712 bits per heavy atom. The molecule has 1 atom stereocenters. The summed E-state index contributed by atoms with van der Waals surface area (Å²) in [5.41, 5.74) is 6.52. The summed E-state index contributed by atoms with van der Waals surface area (Å²) in [6.45, 7) is 7.41. The molecule has 2 aliphatic heterocycles. The summed E-state index contributed by atoms with van der Waals surface area (Å²) in [4.78, 5) is 2.33. The fourth-order valence-electron chi connectivity index (χ4n) is 8.75. The van der Waals surface area contributed by atoms with Crippen molar-refractivity contribution in [3.05, 3.63) is 161 Å². The van der Waals surface area contributed by atoms with Crippen molar-refractivity contribution in [2.45, 2.75) is 37.7 Å². The average molecular weight is 692 g/mol. The summed E-state index contributed by atoms with van der Waals surface area (Å²) in [5.74, 6) is 1.49. The van der Waals surface area contributed by atoms with Gasteiger partial charge in [-0.3, -0.25) is 0 Å². The molecule has 0 bridgehead atoms. The molecule has 0 saturated carbocycles. The summed E-state index contributed by atoms with van der Waals surface area (Å²) in [6.07, 6.45) is 5.85. The fraction of sp³-hybridized carbons (Fsp3) is 0.217. The van der Waals surface area contributed by atoms with Crippen LogP contribution in [-0.2, 0) is 15.8 Å². The summed E-state index contributed by atoms with van der Waals surface area (Å²) >= 11 is 0. The zero-order valence-electron chi connectivity index (χ0n) is 29.3. The molecule has 0 radical (unpaired) electrons. The molecule has 0 N–H and O–H groups in total. The van der Waals surface area contributed by atoms with Crippen LogP contribution in [0, 0.1) is 11.6 Å². The second-order valence-electron chi connectivity index (χ2n) is 13.9. The molecule has 2 heterocycles. The summed E-state index contributed by atoms with van der Waals surface area (Å²) in [7, 11) is 0. The molecule has 6 aromatic rings. The third kappa shape index (κ3) is 5.03. The van der Waals surface area contributed by atoms with Gasteiger partial charge in [-0.05, 0) is 107 Å². The molecule has 4 nitrogen and oxygen atoms in total. The molecule has 0 spiro atoms. The Balaban J connectivity index is 1.25. The highest BCUT2D eigenvalue weighted by Crippen LogP contribution is 2.60. The maximum absolute atomic E-state index is 15.3. The monoisotopic (exact) mass is 691 g/mol. The molecule has 6 aromatic carbocycles. The number of fused-ring (bicyclic) bond motifs is 8. The van der Waals surface area contributed by atoms with Crippen molar-refractivity contribution < 1.29 is 23.0 Å². The number of anilines is 1. The number of para-hydroxylation sites is 1. The number of halogens is 2. The van der Waals surface area contributed by atoms with E-state index in [4.69, 9.17) is 14.2 Å². The summed E-state index contributed by atoms with van der Waals surface area (Å²) in [5, 5.41) is 1.58. The third-order valence-corrected chi connectivity index (χ3v) is 11.4. The first-order valence-electron chi connectivity index (χ1n) is 18.2. The van der Waals surface area contributed by atoms with E-state index in [9.17, 15) is 4.39 Å². The van der Waals surface area contributed by atoms with Crippen molar-refractivity contribution in [3.8, 4) is 28.4 Å². The van der Waals surface area contributed by atoms with Crippen LogP contribution in [0.15, 0.2) is 121 Å². The lowest BCUT2D eigenvalue weighted by Crippen LogP contribution is -2.37. The number of ether oxygens (including phenoxy) is 3. The molecule has 9 rings (SSSR count). The number of hydrogen-bond donors (Lipinski definition) is 0. The highest BCUT2D eigenvalue weighted by molar-refractivity contribution is 6.08. The molecule has 1 fully saturated rings. The number of hydrogen-bond acceptors (Lipinski definition) is 4. The second-order valence-corrected chi connectivity index (χ2v) is 13.9. The van der Waals surface area contributed by atoms with E-state index in [0.29, 0.717) is 30.1 Å². The van der Waals surface area contributed by atoms with Crippen molar-refractivity contribution in [2.75, 3.05) is 31.2 Å². The van der Waals surface area contributed by atoms with Crippen LogP contribution in [0.1, 0.15) is 54.5 Å².